The number of nitrogens with zero attached hydrogens (tertiary/aromatic N) is 1. The minimum atomic E-state index is -0.163. The molecule has 0 aliphatic carbocycles. The van der Waals surface area contributed by atoms with Gasteiger partial charge in [-0.2, -0.15) is 5.10 Å². The highest BCUT2D eigenvalue weighted by Crippen LogP contribution is 2.10. The number of hydrazone groups is 1. The van der Waals surface area contributed by atoms with Gasteiger partial charge in [0, 0.05) is 0 Å². The Bertz CT molecular complexity index is 559. The van der Waals surface area contributed by atoms with Crippen LogP contribution in [0.1, 0.15) is 29.1 Å². The van der Waals surface area contributed by atoms with Gasteiger partial charge in [0.2, 0.25) is 0 Å². The molecule has 0 aliphatic heterocycles. The average Bonchev–Trinajstić information content (AvgIpc) is 2.93. The van der Waals surface area contributed by atoms with E-state index in [2.05, 4.69) is 24.4 Å². The zero-order valence-electron chi connectivity index (χ0n) is 11.0. The average molecular weight is 272 g/mol. The molecular weight excluding hydrogens is 256 g/mol. The molecule has 1 heterocycles. The van der Waals surface area contributed by atoms with E-state index in [9.17, 15) is 4.79 Å². The molecule has 0 radical (unpaired) electrons. The highest BCUT2D eigenvalue weighted by atomic mass is 32.1. The first-order valence-corrected chi connectivity index (χ1v) is 7.03. The van der Waals surface area contributed by atoms with E-state index in [1.165, 1.54) is 11.3 Å². The first kappa shape index (κ1) is 13.5. The monoisotopic (exact) mass is 272 g/mol. The molecule has 0 saturated heterocycles. The largest absolute Gasteiger partial charge is 0.281 e. The van der Waals surface area contributed by atoms with Gasteiger partial charge in [-0.25, -0.2) is 5.43 Å². The maximum Gasteiger partial charge on any atom is 0.281 e. The first-order chi connectivity index (χ1) is 9.18. The fourth-order valence-electron chi connectivity index (χ4n) is 1.71. The van der Waals surface area contributed by atoms with Crippen LogP contribution in [0.25, 0.3) is 0 Å². The highest BCUT2D eigenvalue weighted by Gasteiger charge is 2.10. The Morgan fingerprint density at radius 3 is 2.47 bits per heavy atom. The zero-order valence-corrected chi connectivity index (χ0v) is 11.8. The predicted molar refractivity (Wildman–Crippen MR) is 79.6 cm³/mol. The van der Waals surface area contributed by atoms with E-state index in [0.717, 1.165) is 11.3 Å². The molecule has 0 atom stereocenters. The number of carbonyl (C=O) groups is 1. The lowest BCUT2D eigenvalue weighted by Gasteiger charge is -2.10. The van der Waals surface area contributed by atoms with Gasteiger partial charge < -0.3 is 0 Å². The predicted octanol–water partition coefficient (Wildman–Crippen LogP) is 3.54. The van der Waals surface area contributed by atoms with Crippen LogP contribution in [0.5, 0.6) is 0 Å². The van der Waals surface area contributed by atoms with Crippen molar-refractivity contribution in [1.29, 1.82) is 0 Å². The summed E-state index contributed by atoms with van der Waals surface area (Å²) in [6.07, 6.45) is 0. The fraction of sp³-hybridized carbons (Fsp3) is 0.200. The van der Waals surface area contributed by atoms with E-state index in [0.29, 0.717) is 4.88 Å². The topological polar surface area (TPSA) is 41.5 Å². The van der Waals surface area contributed by atoms with Gasteiger partial charge in [-0.05, 0) is 22.9 Å². The van der Waals surface area contributed by atoms with Crippen molar-refractivity contribution in [2.45, 2.75) is 13.8 Å². The summed E-state index contributed by atoms with van der Waals surface area (Å²) in [4.78, 5) is 12.5. The molecule has 1 aromatic carbocycles. The number of thiophene rings is 1. The Kier molecular flexibility index (Phi) is 4.47. The molecule has 0 spiro atoms. The van der Waals surface area contributed by atoms with Gasteiger partial charge >= 0.3 is 0 Å². The number of hydrogen-bond acceptors (Lipinski definition) is 3. The fourth-order valence-corrected chi connectivity index (χ4v) is 2.32. The van der Waals surface area contributed by atoms with Crippen molar-refractivity contribution in [2.24, 2.45) is 11.0 Å². The van der Waals surface area contributed by atoms with Crippen molar-refractivity contribution in [1.82, 2.24) is 5.43 Å². The first-order valence-electron chi connectivity index (χ1n) is 6.15. The Hall–Kier alpha value is -1.94. The standard InChI is InChI=1S/C15H16N2OS/c1-11(2)14(12-7-4-3-5-8-12)16-17-15(18)13-9-6-10-19-13/h3-11H,1-2H3,(H,17,18)/b16-14-. The van der Waals surface area contributed by atoms with Crippen LogP contribution in [-0.2, 0) is 0 Å². The summed E-state index contributed by atoms with van der Waals surface area (Å²) in [5.74, 6) is 0.0788. The Balaban J connectivity index is 2.16. The van der Waals surface area contributed by atoms with Gasteiger partial charge in [-0.15, -0.1) is 11.3 Å². The quantitative estimate of drug-likeness (QED) is 0.671. The molecule has 0 aliphatic rings. The van der Waals surface area contributed by atoms with E-state index < -0.39 is 0 Å². The second-order valence-electron chi connectivity index (χ2n) is 4.44. The third kappa shape index (κ3) is 3.51. The molecule has 1 amide bonds. The molecule has 0 fully saturated rings. The Labute approximate surface area is 117 Å². The lowest BCUT2D eigenvalue weighted by Crippen LogP contribution is -2.21. The van der Waals surface area contributed by atoms with Crippen molar-refractivity contribution in [3.05, 3.63) is 58.3 Å². The SMILES string of the molecule is CC(C)/C(=N/NC(=O)c1cccs1)c1ccccc1. The van der Waals surface area contributed by atoms with Gasteiger partial charge in [0.05, 0.1) is 10.6 Å². The molecule has 0 unspecified atom stereocenters. The summed E-state index contributed by atoms with van der Waals surface area (Å²) in [7, 11) is 0. The van der Waals surface area contributed by atoms with Gasteiger partial charge in [-0.3, -0.25) is 4.79 Å². The third-order valence-electron chi connectivity index (χ3n) is 2.64. The molecule has 0 saturated carbocycles. The van der Waals surface area contributed by atoms with Crippen molar-refractivity contribution in [3.63, 3.8) is 0 Å². The Morgan fingerprint density at radius 2 is 1.89 bits per heavy atom. The molecule has 19 heavy (non-hydrogen) atoms. The number of amides is 1. The molecular formula is C15H16N2OS. The minimum absolute atomic E-state index is 0.163. The molecule has 2 rings (SSSR count). The minimum Gasteiger partial charge on any atom is -0.266 e. The van der Waals surface area contributed by atoms with Crippen LogP contribution in [-0.4, -0.2) is 11.6 Å². The molecule has 0 bridgehead atoms. The van der Waals surface area contributed by atoms with Crippen molar-refractivity contribution < 1.29 is 4.79 Å². The third-order valence-corrected chi connectivity index (χ3v) is 3.51. The lowest BCUT2D eigenvalue weighted by atomic mass is 10.0. The summed E-state index contributed by atoms with van der Waals surface area (Å²) >= 11 is 1.41. The van der Waals surface area contributed by atoms with E-state index in [1.807, 2.05) is 41.8 Å². The van der Waals surface area contributed by atoms with E-state index in [1.54, 1.807) is 6.07 Å². The number of benzene rings is 1. The molecule has 98 valence electrons. The second-order valence-corrected chi connectivity index (χ2v) is 5.38. The van der Waals surface area contributed by atoms with Crippen molar-refractivity contribution in [3.8, 4) is 0 Å². The van der Waals surface area contributed by atoms with Crippen molar-refractivity contribution >= 4 is 23.0 Å². The molecule has 3 nitrogen and oxygen atoms in total. The summed E-state index contributed by atoms with van der Waals surface area (Å²) in [5.41, 5.74) is 4.54. The summed E-state index contributed by atoms with van der Waals surface area (Å²) in [6.45, 7) is 4.12. The number of hydrogen-bond donors (Lipinski definition) is 1. The van der Waals surface area contributed by atoms with Gasteiger partial charge in [0.15, 0.2) is 0 Å². The summed E-state index contributed by atoms with van der Waals surface area (Å²) in [6, 6.07) is 13.5. The normalized spacial score (nSPS) is 11.6. The van der Waals surface area contributed by atoms with Crippen LogP contribution in [0, 0.1) is 5.92 Å². The Morgan fingerprint density at radius 1 is 1.16 bits per heavy atom. The molecule has 4 heteroatoms. The van der Waals surface area contributed by atoms with Crippen LogP contribution >= 0.6 is 11.3 Å². The van der Waals surface area contributed by atoms with Crippen LogP contribution < -0.4 is 5.43 Å². The maximum atomic E-state index is 11.9. The summed E-state index contributed by atoms with van der Waals surface area (Å²) in [5, 5.41) is 6.15. The smallest absolute Gasteiger partial charge is 0.266 e. The van der Waals surface area contributed by atoms with Gasteiger partial charge in [-0.1, -0.05) is 50.2 Å². The van der Waals surface area contributed by atoms with Crippen molar-refractivity contribution in [2.75, 3.05) is 0 Å². The highest BCUT2D eigenvalue weighted by molar-refractivity contribution is 7.12. The van der Waals surface area contributed by atoms with Gasteiger partial charge in [0.1, 0.15) is 0 Å². The van der Waals surface area contributed by atoms with Gasteiger partial charge in [0.25, 0.3) is 5.91 Å². The number of nitrogens with one attached hydrogen (secondary N) is 1. The second kappa shape index (κ2) is 6.29. The van der Waals surface area contributed by atoms with Crippen LogP contribution in [0.15, 0.2) is 52.9 Å². The molecule has 2 aromatic rings. The molecule has 1 aromatic heterocycles. The lowest BCUT2D eigenvalue weighted by molar-refractivity contribution is 0.0959. The number of rotatable bonds is 4. The number of carbonyl (C=O) groups excluding carboxylic acids is 1. The zero-order chi connectivity index (χ0) is 13.7. The van der Waals surface area contributed by atoms with E-state index >= 15 is 0 Å². The maximum absolute atomic E-state index is 11.9. The summed E-state index contributed by atoms with van der Waals surface area (Å²) < 4.78 is 0. The van der Waals surface area contributed by atoms with Crippen LogP contribution in [0.4, 0.5) is 0 Å². The van der Waals surface area contributed by atoms with Crippen LogP contribution in [0.3, 0.4) is 0 Å². The van der Waals surface area contributed by atoms with E-state index in [-0.39, 0.29) is 11.8 Å². The van der Waals surface area contributed by atoms with Crippen LogP contribution in [0.2, 0.25) is 0 Å². The molecule has 1 N–H and O–H groups in total. The van der Waals surface area contributed by atoms with E-state index in [4.69, 9.17) is 0 Å².